The summed E-state index contributed by atoms with van der Waals surface area (Å²) in [6, 6.07) is 4.50. The van der Waals surface area contributed by atoms with Crippen molar-refractivity contribution in [1.29, 1.82) is 0 Å². The van der Waals surface area contributed by atoms with Crippen LogP contribution >= 0.6 is 11.3 Å². The number of rotatable bonds is 8. The van der Waals surface area contributed by atoms with Gasteiger partial charge in [-0.25, -0.2) is 4.98 Å². The molecular formula is C20H22F3N3O2S. The second-order valence-corrected chi connectivity index (χ2v) is 7.13. The molecule has 1 N–H and O–H groups in total. The lowest BCUT2D eigenvalue weighted by Crippen LogP contribution is -2.23. The molecule has 0 atom stereocenters. The number of carbonyl (C=O) groups is 2. The van der Waals surface area contributed by atoms with Crippen molar-refractivity contribution in [3.05, 3.63) is 47.0 Å². The molecule has 1 heterocycles. The number of carbonyl (C=O) groups excluding carboxylic acids is 2. The molecule has 0 bridgehead atoms. The van der Waals surface area contributed by atoms with E-state index in [0.29, 0.717) is 12.2 Å². The number of unbranched alkanes of at least 4 members (excludes halogenated alkanes) is 2. The predicted molar refractivity (Wildman–Crippen MR) is 108 cm³/mol. The minimum atomic E-state index is -4.51. The summed E-state index contributed by atoms with van der Waals surface area (Å²) in [6.45, 7) is 3.92. The predicted octanol–water partition coefficient (Wildman–Crippen LogP) is 5.17. The van der Waals surface area contributed by atoms with Crippen LogP contribution in [0.25, 0.3) is 6.08 Å². The average molecular weight is 425 g/mol. The standard InChI is InChI=1S/C20H22F3N3O2S/c1-3-4-5-11-24-18(28)10-9-16-13-29-19(25-16)26(14(2)27)17-8-6-7-15(12-17)20(21,22)23/h6-10,12-13H,3-5,11H2,1-2H3,(H,24,28)/b10-9+. The number of nitrogens with one attached hydrogen (secondary N) is 1. The Morgan fingerprint density at radius 1 is 1.28 bits per heavy atom. The zero-order valence-electron chi connectivity index (χ0n) is 16.1. The molecule has 9 heteroatoms. The summed E-state index contributed by atoms with van der Waals surface area (Å²) in [7, 11) is 0. The number of thiazole rings is 1. The fourth-order valence-electron chi connectivity index (χ4n) is 2.51. The zero-order chi connectivity index (χ0) is 21.4. The van der Waals surface area contributed by atoms with Crippen LogP contribution in [-0.4, -0.2) is 23.3 Å². The van der Waals surface area contributed by atoms with Crippen LogP contribution in [0.2, 0.25) is 0 Å². The number of nitrogens with zero attached hydrogens (tertiary/aromatic N) is 2. The first-order chi connectivity index (χ1) is 13.7. The van der Waals surface area contributed by atoms with E-state index in [1.807, 2.05) is 0 Å². The molecule has 0 aliphatic carbocycles. The number of amides is 2. The molecule has 2 amide bonds. The van der Waals surface area contributed by atoms with Crippen molar-refractivity contribution < 1.29 is 22.8 Å². The summed E-state index contributed by atoms with van der Waals surface area (Å²) in [4.78, 5) is 29.2. The van der Waals surface area contributed by atoms with Crippen molar-refractivity contribution in [2.75, 3.05) is 11.4 Å². The highest BCUT2D eigenvalue weighted by molar-refractivity contribution is 7.14. The molecule has 2 rings (SSSR count). The monoisotopic (exact) mass is 425 g/mol. The van der Waals surface area contributed by atoms with E-state index in [1.165, 1.54) is 31.2 Å². The van der Waals surface area contributed by atoms with Crippen molar-refractivity contribution in [3.8, 4) is 0 Å². The maximum Gasteiger partial charge on any atom is 0.416 e. The number of alkyl halides is 3. The molecule has 0 aliphatic rings. The van der Waals surface area contributed by atoms with E-state index >= 15 is 0 Å². The van der Waals surface area contributed by atoms with E-state index < -0.39 is 17.6 Å². The molecule has 0 saturated heterocycles. The summed E-state index contributed by atoms with van der Waals surface area (Å²) in [5.74, 6) is -0.722. The lowest BCUT2D eigenvalue weighted by molar-refractivity contribution is -0.137. The summed E-state index contributed by atoms with van der Waals surface area (Å²) in [6.07, 6.45) is 1.33. The van der Waals surface area contributed by atoms with Crippen LogP contribution in [0.5, 0.6) is 0 Å². The van der Waals surface area contributed by atoms with Gasteiger partial charge in [0, 0.05) is 24.9 Å². The Balaban J connectivity index is 2.15. The normalized spacial score (nSPS) is 11.6. The maximum atomic E-state index is 13.0. The van der Waals surface area contributed by atoms with Gasteiger partial charge in [-0.05, 0) is 30.7 Å². The maximum absolute atomic E-state index is 13.0. The minimum Gasteiger partial charge on any atom is -0.353 e. The Hall–Kier alpha value is -2.68. The number of halogens is 3. The lowest BCUT2D eigenvalue weighted by atomic mass is 10.2. The molecule has 5 nitrogen and oxygen atoms in total. The average Bonchev–Trinajstić information content (AvgIpc) is 3.11. The van der Waals surface area contributed by atoms with E-state index in [0.717, 1.165) is 47.6 Å². The van der Waals surface area contributed by atoms with Gasteiger partial charge in [0.25, 0.3) is 0 Å². The van der Waals surface area contributed by atoms with E-state index in [4.69, 9.17) is 0 Å². The quantitative estimate of drug-likeness (QED) is 0.469. The Kier molecular flexibility index (Phi) is 7.95. The molecular weight excluding hydrogens is 403 g/mol. The van der Waals surface area contributed by atoms with Crippen molar-refractivity contribution in [1.82, 2.24) is 10.3 Å². The van der Waals surface area contributed by atoms with E-state index in [9.17, 15) is 22.8 Å². The van der Waals surface area contributed by atoms with Crippen LogP contribution in [0.1, 0.15) is 44.4 Å². The van der Waals surface area contributed by atoms with Gasteiger partial charge in [-0.1, -0.05) is 25.8 Å². The van der Waals surface area contributed by atoms with Gasteiger partial charge in [0.1, 0.15) is 0 Å². The minimum absolute atomic E-state index is 0.0749. The third-order valence-corrected chi connectivity index (χ3v) is 4.78. The Bertz CT molecular complexity index is 878. The van der Waals surface area contributed by atoms with Crippen LogP contribution in [-0.2, 0) is 15.8 Å². The molecule has 0 spiro atoms. The first-order valence-electron chi connectivity index (χ1n) is 9.11. The Morgan fingerprint density at radius 2 is 2.03 bits per heavy atom. The van der Waals surface area contributed by atoms with Crippen molar-refractivity contribution >= 4 is 40.0 Å². The first kappa shape index (κ1) is 22.6. The van der Waals surface area contributed by atoms with Gasteiger partial charge in [-0.3, -0.25) is 14.5 Å². The topological polar surface area (TPSA) is 62.3 Å². The Morgan fingerprint density at radius 3 is 2.69 bits per heavy atom. The molecule has 2 aromatic rings. The van der Waals surface area contributed by atoms with Crippen molar-refractivity contribution in [3.63, 3.8) is 0 Å². The van der Waals surface area contributed by atoms with E-state index in [-0.39, 0.29) is 16.7 Å². The van der Waals surface area contributed by atoms with Gasteiger partial charge < -0.3 is 5.32 Å². The largest absolute Gasteiger partial charge is 0.416 e. The molecule has 156 valence electrons. The van der Waals surface area contributed by atoms with Crippen molar-refractivity contribution in [2.24, 2.45) is 0 Å². The molecule has 1 aromatic carbocycles. The molecule has 0 unspecified atom stereocenters. The number of hydrogen-bond acceptors (Lipinski definition) is 4. The van der Waals surface area contributed by atoms with Crippen LogP contribution in [0.15, 0.2) is 35.7 Å². The SMILES string of the molecule is CCCCCNC(=O)/C=C/c1csc(N(C(C)=O)c2cccc(C(F)(F)F)c2)n1. The van der Waals surface area contributed by atoms with Gasteiger partial charge in [0.2, 0.25) is 11.8 Å². The summed E-state index contributed by atoms with van der Waals surface area (Å²) in [5, 5.41) is 4.61. The zero-order valence-corrected chi connectivity index (χ0v) is 16.9. The molecule has 0 radical (unpaired) electrons. The van der Waals surface area contributed by atoms with Crippen LogP contribution in [0.4, 0.5) is 24.0 Å². The molecule has 1 aromatic heterocycles. The molecule has 0 saturated carbocycles. The number of benzene rings is 1. The molecule has 29 heavy (non-hydrogen) atoms. The van der Waals surface area contributed by atoms with E-state index in [2.05, 4.69) is 17.2 Å². The van der Waals surface area contributed by atoms with Gasteiger partial charge in [0.05, 0.1) is 16.9 Å². The van der Waals surface area contributed by atoms with Crippen LogP contribution < -0.4 is 10.2 Å². The first-order valence-corrected chi connectivity index (χ1v) is 9.99. The Labute approximate surface area is 171 Å². The van der Waals surface area contributed by atoms with Gasteiger partial charge in [0.15, 0.2) is 5.13 Å². The summed E-state index contributed by atoms with van der Waals surface area (Å²) >= 11 is 1.10. The highest BCUT2D eigenvalue weighted by atomic mass is 32.1. The lowest BCUT2D eigenvalue weighted by Gasteiger charge is -2.19. The number of aromatic nitrogens is 1. The third kappa shape index (κ3) is 6.70. The number of anilines is 2. The second-order valence-electron chi connectivity index (χ2n) is 6.29. The van der Waals surface area contributed by atoms with Crippen LogP contribution in [0, 0.1) is 0 Å². The molecule has 0 aliphatic heterocycles. The summed E-state index contributed by atoms with van der Waals surface area (Å²) in [5.41, 5.74) is -0.338. The van der Waals surface area contributed by atoms with Crippen LogP contribution in [0.3, 0.4) is 0 Å². The number of hydrogen-bond donors (Lipinski definition) is 1. The highest BCUT2D eigenvalue weighted by Gasteiger charge is 2.31. The second kappa shape index (κ2) is 10.2. The fraction of sp³-hybridized carbons (Fsp3) is 0.350. The summed E-state index contributed by atoms with van der Waals surface area (Å²) < 4.78 is 38.9. The van der Waals surface area contributed by atoms with Gasteiger partial charge >= 0.3 is 6.18 Å². The third-order valence-electron chi connectivity index (χ3n) is 3.93. The fourth-order valence-corrected chi connectivity index (χ4v) is 3.37. The highest BCUT2D eigenvalue weighted by Crippen LogP contribution is 2.35. The van der Waals surface area contributed by atoms with Gasteiger partial charge in [-0.2, -0.15) is 13.2 Å². The van der Waals surface area contributed by atoms with E-state index in [1.54, 1.807) is 5.38 Å². The smallest absolute Gasteiger partial charge is 0.353 e. The van der Waals surface area contributed by atoms with Crippen molar-refractivity contribution in [2.45, 2.75) is 39.3 Å². The molecule has 0 fully saturated rings. The van der Waals surface area contributed by atoms with Gasteiger partial charge in [-0.15, -0.1) is 11.3 Å².